The molecule has 0 radical (unpaired) electrons. The van der Waals surface area contributed by atoms with Gasteiger partial charge < -0.3 is 10.2 Å². The average molecular weight is 439 g/mol. The maximum absolute atomic E-state index is 10.6. The van der Waals surface area contributed by atoms with Crippen LogP contribution in [-0.4, -0.2) is 21.9 Å². The number of hydrogen-bond acceptors (Lipinski definition) is 2. The van der Waals surface area contributed by atoms with Crippen LogP contribution in [0.4, 0.5) is 0 Å². The minimum absolute atomic E-state index is 0.233. The third-order valence-electron chi connectivity index (χ3n) is 8.87. The van der Waals surface area contributed by atoms with Crippen molar-refractivity contribution in [3.8, 4) is 0 Å². The van der Waals surface area contributed by atoms with E-state index in [0.29, 0.717) is 17.8 Å². The first-order valence-corrected chi connectivity index (χ1v) is 13.0. The van der Waals surface area contributed by atoms with Crippen LogP contribution in [0.3, 0.4) is 0 Å². The molecule has 3 rings (SSSR count). The molecule has 2 heteroatoms. The fourth-order valence-corrected chi connectivity index (χ4v) is 6.44. The zero-order chi connectivity index (χ0) is 23.5. The van der Waals surface area contributed by atoms with E-state index in [2.05, 4.69) is 65.5 Å². The maximum Gasteiger partial charge on any atom is 0.0822 e. The molecule has 0 amide bonds. The lowest BCUT2D eigenvalue weighted by Gasteiger charge is -2.42. The van der Waals surface area contributed by atoms with E-state index in [1.807, 2.05) is 6.08 Å². The molecular formula is C30H46O2. The summed E-state index contributed by atoms with van der Waals surface area (Å²) in [7, 11) is 0. The van der Waals surface area contributed by atoms with Crippen LogP contribution in [0.15, 0.2) is 59.3 Å². The number of aliphatic hydroxyl groups excluding tert-OH is 1. The quantitative estimate of drug-likeness (QED) is 0.405. The van der Waals surface area contributed by atoms with Crippen LogP contribution in [0.25, 0.3) is 0 Å². The van der Waals surface area contributed by atoms with E-state index < -0.39 is 5.60 Å². The van der Waals surface area contributed by atoms with Gasteiger partial charge in [0.1, 0.15) is 0 Å². The minimum atomic E-state index is -0.654. The molecule has 0 aromatic rings. The van der Waals surface area contributed by atoms with Crippen LogP contribution in [0.2, 0.25) is 0 Å². The third-order valence-corrected chi connectivity index (χ3v) is 8.87. The van der Waals surface area contributed by atoms with Crippen molar-refractivity contribution in [1.29, 1.82) is 0 Å². The van der Waals surface area contributed by atoms with Crippen molar-refractivity contribution in [2.45, 2.75) is 104 Å². The molecule has 0 aromatic heterocycles. The van der Waals surface area contributed by atoms with Gasteiger partial charge in [0, 0.05) is 0 Å². The van der Waals surface area contributed by atoms with Crippen molar-refractivity contribution >= 4 is 0 Å². The Bertz CT molecular complexity index is 807. The molecule has 2 nitrogen and oxygen atoms in total. The Kier molecular flexibility index (Phi) is 8.10. The molecule has 0 bridgehead atoms. The van der Waals surface area contributed by atoms with Crippen molar-refractivity contribution in [2.75, 3.05) is 0 Å². The predicted molar refractivity (Wildman–Crippen MR) is 136 cm³/mol. The second kappa shape index (κ2) is 10.3. The van der Waals surface area contributed by atoms with Gasteiger partial charge in [-0.1, -0.05) is 82.7 Å². The lowest BCUT2D eigenvalue weighted by molar-refractivity contribution is 0.0824. The minimum Gasteiger partial charge on any atom is -0.393 e. The van der Waals surface area contributed by atoms with Crippen LogP contribution < -0.4 is 0 Å². The van der Waals surface area contributed by atoms with Gasteiger partial charge in [-0.15, -0.1) is 0 Å². The second-order valence-electron chi connectivity index (χ2n) is 11.0. The average Bonchev–Trinajstić information content (AvgIpc) is 3.12. The number of hydrogen-bond donors (Lipinski definition) is 2. The molecule has 5 unspecified atom stereocenters. The predicted octanol–water partition coefficient (Wildman–Crippen LogP) is 7.46. The van der Waals surface area contributed by atoms with Crippen molar-refractivity contribution in [2.24, 2.45) is 23.2 Å². The molecule has 3 aliphatic rings. The second-order valence-corrected chi connectivity index (χ2v) is 11.0. The summed E-state index contributed by atoms with van der Waals surface area (Å²) in [4.78, 5) is 0. The van der Waals surface area contributed by atoms with Crippen LogP contribution in [0, 0.1) is 23.2 Å². The van der Waals surface area contributed by atoms with Gasteiger partial charge >= 0.3 is 0 Å². The molecular weight excluding hydrogens is 392 g/mol. The number of rotatable bonds is 7. The van der Waals surface area contributed by atoms with Crippen molar-refractivity contribution in [1.82, 2.24) is 0 Å². The van der Waals surface area contributed by atoms with Crippen molar-refractivity contribution in [3.05, 3.63) is 59.3 Å². The van der Waals surface area contributed by atoms with Gasteiger partial charge in [-0.2, -0.15) is 0 Å². The Morgan fingerprint density at radius 2 is 2.00 bits per heavy atom. The summed E-state index contributed by atoms with van der Waals surface area (Å²) >= 11 is 0. The van der Waals surface area contributed by atoms with E-state index >= 15 is 0 Å². The summed E-state index contributed by atoms with van der Waals surface area (Å²) in [5.41, 5.74) is 5.23. The Hall–Kier alpha value is -1.38. The largest absolute Gasteiger partial charge is 0.393 e. The van der Waals surface area contributed by atoms with Gasteiger partial charge in [0.15, 0.2) is 0 Å². The zero-order valence-corrected chi connectivity index (χ0v) is 21.2. The molecule has 2 N–H and O–H groups in total. The van der Waals surface area contributed by atoms with Crippen LogP contribution in [0.5, 0.6) is 0 Å². The summed E-state index contributed by atoms with van der Waals surface area (Å²) < 4.78 is 0. The van der Waals surface area contributed by atoms with Gasteiger partial charge in [-0.3, -0.25) is 0 Å². The third kappa shape index (κ3) is 5.23. The van der Waals surface area contributed by atoms with Crippen molar-refractivity contribution < 1.29 is 10.2 Å². The van der Waals surface area contributed by atoms with Gasteiger partial charge in [0.25, 0.3) is 0 Å². The topological polar surface area (TPSA) is 40.5 Å². The highest BCUT2D eigenvalue weighted by Gasteiger charge is 2.45. The first-order valence-electron chi connectivity index (χ1n) is 13.0. The van der Waals surface area contributed by atoms with E-state index in [1.54, 1.807) is 11.1 Å². The smallest absolute Gasteiger partial charge is 0.0822 e. The number of allylic oxidation sites excluding steroid dienone is 7. The summed E-state index contributed by atoms with van der Waals surface area (Å²) in [6.07, 6.45) is 20.1. The Labute approximate surface area is 196 Å². The first kappa shape index (κ1) is 25.2. The monoisotopic (exact) mass is 438 g/mol. The summed E-state index contributed by atoms with van der Waals surface area (Å²) in [5.74, 6) is 1.47. The Morgan fingerprint density at radius 1 is 1.28 bits per heavy atom. The molecule has 0 heterocycles. The van der Waals surface area contributed by atoms with E-state index in [1.165, 1.54) is 30.4 Å². The van der Waals surface area contributed by atoms with Crippen LogP contribution >= 0.6 is 0 Å². The highest BCUT2D eigenvalue weighted by molar-refractivity contribution is 5.39. The molecule has 0 saturated heterocycles. The van der Waals surface area contributed by atoms with E-state index in [9.17, 15) is 10.2 Å². The molecule has 178 valence electrons. The standard InChI is InChI=1S/C30H46O2/c1-7-30(32,8-2)18-9-11-21(3)27-15-16-28-24(12-10-17-29(27,28)6)13-14-25-20-26(31)19-22(4)23(25)5/h9,13-15,18,21-22,26,28,31-32H,5,7-8,10-12,16-17,19-20H2,1-4,6H3/b18-9+,24-13+,25-14-. The lowest BCUT2D eigenvalue weighted by atomic mass is 9.62. The van der Waals surface area contributed by atoms with Gasteiger partial charge in [-0.05, 0) is 92.1 Å². The van der Waals surface area contributed by atoms with Crippen molar-refractivity contribution in [3.63, 3.8) is 0 Å². The highest BCUT2D eigenvalue weighted by Crippen LogP contribution is 2.57. The summed E-state index contributed by atoms with van der Waals surface area (Å²) in [5, 5.41) is 20.8. The van der Waals surface area contributed by atoms with Crippen LogP contribution in [-0.2, 0) is 0 Å². The fraction of sp³-hybridized carbons (Fsp3) is 0.667. The van der Waals surface area contributed by atoms with Gasteiger partial charge in [0.05, 0.1) is 11.7 Å². The van der Waals surface area contributed by atoms with E-state index in [-0.39, 0.29) is 11.5 Å². The maximum atomic E-state index is 10.6. The Morgan fingerprint density at radius 3 is 2.69 bits per heavy atom. The summed E-state index contributed by atoms with van der Waals surface area (Å²) in [6, 6.07) is 0. The van der Waals surface area contributed by atoms with Gasteiger partial charge in [0.2, 0.25) is 0 Å². The van der Waals surface area contributed by atoms with E-state index in [4.69, 9.17) is 0 Å². The fourth-order valence-electron chi connectivity index (χ4n) is 6.44. The number of aliphatic hydroxyl groups is 2. The van der Waals surface area contributed by atoms with Crippen LogP contribution in [0.1, 0.15) is 92.4 Å². The molecule has 2 saturated carbocycles. The highest BCUT2D eigenvalue weighted by atomic mass is 16.3. The molecule has 32 heavy (non-hydrogen) atoms. The molecule has 0 aromatic carbocycles. The van der Waals surface area contributed by atoms with E-state index in [0.717, 1.165) is 38.5 Å². The molecule has 3 aliphatic carbocycles. The lowest BCUT2D eigenvalue weighted by Crippen LogP contribution is -2.32. The first-order chi connectivity index (χ1) is 15.1. The molecule has 2 fully saturated rings. The molecule has 5 atom stereocenters. The molecule has 0 aliphatic heterocycles. The molecule has 0 spiro atoms. The summed E-state index contributed by atoms with van der Waals surface area (Å²) in [6.45, 7) is 15.4. The number of fused-ring (bicyclic) bond motifs is 1. The zero-order valence-electron chi connectivity index (χ0n) is 21.2. The normalized spacial score (nSPS) is 34.9. The van der Waals surface area contributed by atoms with Gasteiger partial charge in [-0.25, -0.2) is 0 Å². The Balaban J connectivity index is 1.73. The SMILES string of the molecule is C=C1/C(=C\C=C2/CCCC3(C)C(C(C)C/C=C/C(O)(CC)CC)=CCC23)CC(O)CC1C.